The number of anilines is 1. The van der Waals surface area contributed by atoms with Gasteiger partial charge >= 0.3 is 17.8 Å². The van der Waals surface area contributed by atoms with Gasteiger partial charge in [-0.2, -0.15) is 0 Å². The summed E-state index contributed by atoms with van der Waals surface area (Å²) in [6.07, 6.45) is 3.29. The molecule has 2 fully saturated rings. The van der Waals surface area contributed by atoms with Gasteiger partial charge in [0.05, 0.1) is 5.69 Å². The van der Waals surface area contributed by atoms with Gasteiger partial charge in [0.15, 0.2) is 0 Å². The quantitative estimate of drug-likeness (QED) is 0.642. The van der Waals surface area contributed by atoms with E-state index in [9.17, 15) is 28.0 Å². The van der Waals surface area contributed by atoms with Crippen LogP contribution in [0.1, 0.15) is 32.6 Å². The fourth-order valence-electron chi connectivity index (χ4n) is 3.56. The molecule has 1 aliphatic carbocycles. The van der Waals surface area contributed by atoms with Gasteiger partial charge in [0.25, 0.3) is 0 Å². The number of halogens is 2. The molecule has 0 bridgehead atoms. The number of carbonyl (C=O) groups excluding carboxylic acids is 4. The highest BCUT2D eigenvalue weighted by molar-refractivity contribution is 6.45. The van der Waals surface area contributed by atoms with Crippen LogP contribution >= 0.6 is 0 Å². The predicted octanol–water partition coefficient (Wildman–Crippen LogP) is 2.27. The van der Waals surface area contributed by atoms with Gasteiger partial charge in [-0.25, -0.2) is 18.5 Å². The number of nitrogens with zero attached hydrogens (tertiary/aromatic N) is 2. The highest BCUT2D eigenvalue weighted by Crippen LogP contribution is 2.31. The number of nitrogens with one attached hydrogen (secondary N) is 1. The third kappa shape index (κ3) is 3.67. The summed E-state index contributed by atoms with van der Waals surface area (Å²) < 4.78 is 26.8. The van der Waals surface area contributed by atoms with Crippen molar-refractivity contribution in [3.63, 3.8) is 0 Å². The average Bonchev–Trinajstić information content (AvgIpc) is 2.82. The summed E-state index contributed by atoms with van der Waals surface area (Å²) >= 11 is 0. The Kier molecular flexibility index (Phi) is 5.20. The lowest BCUT2D eigenvalue weighted by Crippen LogP contribution is -2.46. The molecule has 5 amide bonds. The normalized spacial score (nSPS) is 23.1. The van der Waals surface area contributed by atoms with Crippen molar-refractivity contribution < 1.29 is 28.0 Å². The Morgan fingerprint density at radius 3 is 2.56 bits per heavy atom. The van der Waals surface area contributed by atoms with Gasteiger partial charge in [-0.1, -0.05) is 19.8 Å². The van der Waals surface area contributed by atoms with Crippen LogP contribution in [-0.4, -0.2) is 46.1 Å². The van der Waals surface area contributed by atoms with Crippen molar-refractivity contribution in [2.75, 3.05) is 11.9 Å². The number of imide groups is 2. The van der Waals surface area contributed by atoms with E-state index in [0.29, 0.717) is 11.3 Å². The molecule has 0 unspecified atom stereocenters. The lowest BCUT2D eigenvalue weighted by molar-refractivity contribution is -0.145. The van der Waals surface area contributed by atoms with E-state index in [2.05, 4.69) is 5.32 Å². The Morgan fingerprint density at radius 1 is 1.15 bits per heavy atom. The van der Waals surface area contributed by atoms with Gasteiger partial charge in [-0.05, 0) is 30.9 Å². The van der Waals surface area contributed by atoms with Gasteiger partial charge in [-0.15, -0.1) is 0 Å². The minimum atomic E-state index is -1.09. The summed E-state index contributed by atoms with van der Waals surface area (Å²) in [6.45, 7) is 1.16. The molecule has 2 atom stereocenters. The van der Waals surface area contributed by atoms with Crippen molar-refractivity contribution in [1.29, 1.82) is 0 Å². The maximum atomic E-state index is 13.6. The minimum absolute atomic E-state index is 0.0645. The third-order valence-electron chi connectivity index (χ3n) is 4.99. The van der Waals surface area contributed by atoms with E-state index in [0.717, 1.165) is 42.4 Å². The highest BCUT2D eigenvalue weighted by Gasteiger charge is 2.49. The summed E-state index contributed by atoms with van der Waals surface area (Å²) in [5.74, 6) is -4.51. The second-order valence-corrected chi connectivity index (χ2v) is 6.85. The van der Waals surface area contributed by atoms with Crippen LogP contribution in [0, 0.1) is 17.6 Å². The Balaban J connectivity index is 1.72. The second-order valence-electron chi connectivity index (χ2n) is 6.85. The fraction of sp³-hybridized carbons (Fsp3) is 0.444. The van der Waals surface area contributed by atoms with Crippen LogP contribution in [0.4, 0.5) is 19.3 Å². The number of hydrogen-bond acceptors (Lipinski definition) is 4. The van der Waals surface area contributed by atoms with Crippen LogP contribution in [0.25, 0.3) is 0 Å². The molecule has 1 aromatic rings. The summed E-state index contributed by atoms with van der Waals surface area (Å²) in [7, 11) is 0. The van der Waals surface area contributed by atoms with E-state index in [1.165, 1.54) is 0 Å². The zero-order valence-electron chi connectivity index (χ0n) is 14.7. The molecule has 2 aliphatic rings. The predicted molar refractivity (Wildman–Crippen MR) is 90.4 cm³/mol. The Morgan fingerprint density at radius 2 is 1.85 bits per heavy atom. The molecule has 0 spiro atoms. The molecule has 1 heterocycles. The summed E-state index contributed by atoms with van der Waals surface area (Å²) in [6, 6.07) is 1.28. The molecule has 7 nitrogen and oxygen atoms in total. The van der Waals surface area contributed by atoms with Crippen molar-refractivity contribution in [2.24, 2.45) is 5.92 Å². The lowest BCUT2D eigenvalue weighted by Gasteiger charge is -2.34. The molecule has 0 aromatic heterocycles. The number of benzene rings is 1. The Bertz CT molecular complexity index is 814. The number of urea groups is 1. The molecule has 144 valence electrons. The van der Waals surface area contributed by atoms with Crippen LogP contribution in [0.5, 0.6) is 0 Å². The molecule has 1 saturated heterocycles. The maximum Gasteiger partial charge on any atom is 0.334 e. The Labute approximate surface area is 154 Å². The average molecular weight is 379 g/mol. The van der Waals surface area contributed by atoms with Crippen LogP contribution in [0.15, 0.2) is 18.2 Å². The van der Waals surface area contributed by atoms with Gasteiger partial charge in [0.2, 0.25) is 5.91 Å². The third-order valence-corrected chi connectivity index (χ3v) is 4.99. The number of amides is 5. The zero-order valence-corrected chi connectivity index (χ0v) is 14.7. The van der Waals surface area contributed by atoms with Crippen molar-refractivity contribution in [3.05, 3.63) is 29.8 Å². The number of rotatable bonds is 4. The smallest absolute Gasteiger partial charge is 0.322 e. The second kappa shape index (κ2) is 7.42. The fourth-order valence-corrected chi connectivity index (χ4v) is 3.56. The van der Waals surface area contributed by atoms with E-state index < -0.39 is 47.6 Å². The van der Waals surface area contributed by atoms with Crippen molar-refractivity contribution >= 4 is 29.4 Å². The monoisotopic (exact) mass is 379 g/mol. The molecule has 1 aliphatic heterocycles. The molecule has 3 rings (SSSR count). The molecule has 9 heteroatoms. The van der Waals surface area contributed by atoms with Crippen molar-refractivity contribution in [1.82, 2.24) is 9.80 Å². The van der Waals surface area contributed by atoms with Gasteiger partial charge < -0.3 is 5.32 Å². The van der Waals surface area contributed by atoms with Crippen molar-refractivity contribution in [3.8, 4) is 0 Å². The lowest BCUT2D eigenvalue weighted by atomic mass is 9.85. The van der Waals surface area contributed by atoms with Gasteiger partial charge in [0, 0.05) is 12.1 Å². The first-order valence-corrected chi connectivity index (χ1v) is 8.73. The van der Waals surface area contributed by atoms with Crippen LogP contribution < -0.4 is 5.32 Å². The van der Waals surface area contributed by atoms with E-state index in [1.54, 1.807) is 0 Å². The summed E-state index contributed by atoms with van der Waals surface area (Å²) in [4.78, 5) is 50.6. The SMILES string of the molecule is C[C@H]1CCCC[C@H]1N1C(=O)C(=O)N(CC(=O)Nc2cc(F)ccc2F)C1=O. The minimum Gasteiger partial charge on any atom is -0.322 e. The maximum absolute atomic E-state index is 13.6. The number of hydrogen-bond donors (Lipinski definition) is 1. The van der Waals surface area contributed by atoms with Gasteiger partial charge in [-0.3, -0.25) is 19.3 Å². The number of carbonyl (C=O) groups is 4. The molecular weight excluding hydrogens is 360 g/mol. The van der Waals surface area contributed by atoms with E-state index >= 15 is 0 Å². The summed E-state index contributed by atoms with van der Waals surface area (Å²) in [5, 5.41) is 2.11. The van der Waals surface area contributed by atoms with E-state index in [1.807, 2.05) is 6.92 Å². The molecule has 1 N–H and O–H groups in total. The Hall–Kier alpha value is -2.84. The van der Waals surface area contributed by atoms with Crippen LogP contribution in [0.3, 0.4) is 0 Å². The van der Waals surface area contributed by atoms with E-state index in [4.69, 9.17) is 0 Å². The molecule has 0 radical (unpaired) electrons. The van der Waals surface area contributed by atoms with E-state index in [-0.39, 0.29) is 12.0 Å². The van der Waals surface area contributed by atoms with Crippen molar-refractivity contribution in [2.45, 2.75) is 38.6 Å². The standard InChI is InChI=1S/C18H19F2N3O4/c1-10-4-2-3-5-14(10)23-17(26)16(25)22(18(23)27)9-15(24)21-13-8-11(19)6-7-12(13)20/h6-8,10,14H,2-5,9H2,1H3,(H,21,24)/t10-,14+/m0/s1. The highest BCUT2D eigenvalue weighted by atomic mass is 19.1. The molecule has 27 heavy (non-hydrogen) atoms. The molecule has 1 saturated carbocycles. The first kappa shape index (κ1) is 18.9. The molecular formula is C18H19F2N3O4. The van der Waals surface area contributed by atoms with Crippen LogP contribution in [0.2, 0.25) is 0 Å². The summed E-state index contributed by atoms with van der Waals surface area (Å²) in [5.41, 5.74) is -0.414. The first-order chi connectivity index (χ1) is 12.8. The first-order valence-electron chi connectivity index (χ1n) is 8.73. The largest absolute Gasteiger partial charge is 0.334 e. The molecule has 1 aromatic carbocycles. The topological polar surface area (TPSA) is 86.8 Å². The van der Waals surface area contributed by atoms with Crippen LogP contribution in [-0.2, 0) is 14.4 Å². The van der Waals surface area contributed by atoms with Gasteiger partial charge in [0.1, 0.15) is 18.2 Å². The zero-order chi connectivity index (χ0) is 19.7.